The van der Waals surface area contributed by atoms with Crippen molar-refractivity contribution in [2.24, 2.45) is 0 Å². The number of aromatic nitrogens is 1. The van der Waals surface area contributed by atoms with Crippen LogP contribution in [0.3, 0.4) is 0 Å². The predicted molar refractivity (Wildman–Crippen MR) is 50.2 cm³/mol. The first-order valence-corrected chi connectivity index (χ1v) is 5.08. The maximum Gasteiger partial charge on any atom is 0.407 e. The smallest absolute Gasteiger partial charge is 0.407 e. The van der Waals surface area contributed by atoms with Gasteiger partial charge in [-0.15, -0.1) is 11.3 Å². The first-order valence-electron chi connectivity index (χ1n) is 4.27. The summed E-state index contributed by atoms with van der Waals surface area (Å²) in [6.07, 6.45) is -0.243. The average Bonchev–Trinajstić information content (AvgIpc) is 2.58. The van der Waals surface area contributed by atoms with Crippen LogP contribution >= 0.6 is 11.3 Å². The Morgan fingerprint density at radius 1 is 1.64 bits per heavy atom. The molecule has 1 aliphatic heterocycles. The van der Waals surface area contributed by atoms with Gasteiger partial charge in [0.25, 0.3) is 0 Å². The number of thiazole rings is 1. The van der Waals surface area contributed by atoms with Gasteiger partial charge >= 0.3 is 6.09 Å². The van der Waals surface area contributed by atoms with Crippen LogP contribution in [0.15, 0.2) is 0 Å². The number of aliphatic hydroxyl groups excluding tert-OH is 1. The van der Waals surface area contributed by atoms with Crippen LogP contribution in [-0.2, 0) is 19.6 Å². The van der Waals surface area contributed by atoms with E-state index in [2.05, 4.69) is 4.98 Å². The standard InChI is InChI=1S/C8H10N2O3S/c11-4-7-9-5-1-2-10(8(12)13)3-6(5)14-7/h11H,1-4H2,(H,12,13). The zero-order valence-corrected chi connectivity index (χ0v) is 8.25. The summed E-state index contributed by atoms with van der Waals surface area (Å²) in [7, 11) is 0. The third-order valence-electron chi connectivity index (χ3n) is 2.18. The fourth-order valence-corrected chi connectivity index (χ4v) is 2.47. The highest BCUT2D eigenvalue weighted by molar-refractivity contribution is 7.11. The van der Waals surface area contributed by atoms with Gasteiger partial charge in [0.2, 0.25) is 0 Å². The first kappa shape index (κ1) is 9.42. The van der Waals surface area contributed by atoms with Gasteiger partial charge in [0.05, 0.1) is 18.8 Å². The first-order chi connectivity index (χ1) is 6.70. The Morgan fingerprint density at radius 3 is 3.07 bits per heavy atom. The van der Waals surface area contributed by atoms with Crippen molar-refractivity contribution in [1.82, 2.24) is 9.88 Å². The van der Waals surface area contributed by atoms with E-state index >= 15 is 0 Å². The lowest BCUT2D eigenvalue weighted by Crippen LogP contribution is -2.34. The lowest BCUT2D eigenvalue weighted by molar-refractivity contribution is 0.140. The van der Waals surface area contributed by atoms with Gasteiger partial charge < -0.3 is 15.1 Å². The molecule has 0 saturated carbocycles. The third-order valence-corrected chi connectivity index (χ3v) is 3.25. The molecule has 0 aliphatic carbocycles. The molecule has 2 N–H and O–H groups in total. The number of amides is 1. The largest absolute Gasteiger partial charge is 0.465 e. The van der Waals surface area contributed by atoms with Crippen molar-refractivity contribution in [3.8, 4) is 0 Å². The van der Waals surface area contributed by atoms with E-state index in [0.717, 1.165) is 10.6 Å². The number of hydrogen-bond acceptors (Lipinski definition) is 4. The van der Waals surface area contributed by atoms with E-state index in [1.54, 1.807) is 0 Å². The highest BCUT2D eigenvalue weighted by atomic mass is 32.1. The molecule has 0 unspecified atom stereocenters. The molecule has 14 heavy (non-hydrogen) atoms. The normalized spacial score (nSPS) is 15.4. The van der Waals surface area contributed by atoms with E-state index in [1.807, 2.05) is 0 Å². The van der Waals surface area contributed by atoms with Gasteiger partial charge in [-0.05, 0) is 0 Å². The topological polar surface area (TPSA) is 73.7 Å². The lowest BCUT2D eigenvalue weighted by Gasteiger charge is -2.22. The molecule has 1 aromatic rings. The van der Waals surface area contributed by atoms with Crippen molar-refractivity contribution in [3.05, 3.63) is 15.6 Å². The molecular formula is C8H10N2O3S. The van der Waals surface area contributed by atoms with E-state index in [0.29, 0.717) is 24.5 Å². The molecule has 76 valence electrons. The highest BCUT2D eigenvalue weighted by Crippen LogP contribution is 2.24. The van der Waals surface area contributed by atoms with Crippen LogP contribution in [0.4, 0.5) is 4.79 Å². The molecule has 1 aliphatic rings. The van der Waals surface area contributed by atoms with Gasteiger partial charge in [0.1, 0.15) is 5.01 Å². The fourth-order valence-electron chi connectivity index (χ4n) is 1.48. The van der Waals surface area contributed by atoms with Gasteiger partial charge in [-0.1, -0.05) is 0 Å². The minimum Gasteiger partial charge on any atom is -0.465 e. The van der Waals surface area contributed by atoms with Crippen LogP contribution in [0.1, 0.15) is 15.6 Å². The Labute approximate surface area is 84.6 Å². The van der Waals surface area contributed by atoms with Gasteiger partial charge in [-0.3, -0.25) is 0 Å². The second kappa shape index (κ2) is 3.55. The molecular weight excluding hydrogens is 204 g/mol. The summed E-state index contributed by atoms with van der Waals surface area (Å²) < 4.78 is 0. The number of nitrogens with zero attached hydrogens (tertiary/aromatic N) is 2. The summed E-state index contributed by atoms with van der Waals surface area (Å²) in [6, 6.07) is 0. The SMILES string of the molecule is O=C(O)N1CCc2nc(CO)sc2C1. The Kier molecular flexibility index (Phi) is 2.39. The molecule has 0 fully saturated rings. The number of rotatable bonds is 1. The van der Waals surface area contributed by atoms with Crippen molar-refractivity contribution in [1.29, 1.82) is 0 Å². The van der Waals surface area contributed by atoms with Gasteiger partial charge in [-0.2, -0.15) is 0 Å². The van der Waals surface area contributed by atoms with Crippen molar-refractivity contribution < 1.29 is 15.0 Å². The van der Waals surface area contributed by atoms with E-state index in [-0.39, 0.29) is 6.61 Å². The summed E-state index contributed by atoms with van der Waals surface area (Å²) in [5, 5.41) is 18.3. The molecule has 0 aromatic carbocycles. The zero-order valence-electron chi connectivity index (χ0n) is 7.43. The van der Waals surface area contributed by atoms with Crippen LogP contribution in [0, 0.1) is 0 Å². The Hall–Kier alpha value is -1.14. The quantitative estimate of drug-likeness (QED) is 0.720. The van der Waals surface area contributed by atoms with E-state index in [4.69, 9.17) is 10.2 Å². The number of aliphatic hydroxyl groups is 1. The molecule has 0 bridgehead atoms. The average molecular weight is 214 g/mol. The second-order valence-corrected chi connectivity index (χ2v) is 4.26. The van der Waals surface area contributed by atoms with Crippen molar-refractivity contribution >= 4 is 17.4 Å². The van der Waals surface area contributed by atoms with Crippen LogP contribution in [0.2, 0.25) is 0 Å². The van der Waals surface area contributed by atoms with E-state index in [9.17, 15) is 4.79 Å². The van der Waals surface area contributed by atoms with Crippen LogP contribution in [-0.4, -0.2) is 32.7 Å². The maximum absolute atomic E-state index is 10.7. The second-order valence-electron chi connectivity index (χ2n) is 3.09. The lowest BCUT2D eigenvalue weighted by atomic mass is 10.2. The Morgan fingerprint density at radius 2 is 2.43 bits per heavy atom. The van der Waals surface area contributed by atoms with Crippen molar-refractivity contribution in [2.45, 2.75) is 19.6 Å². The Balaban J connectivity index is 2.21. The summed E-state index contributed by atoms with van der Waals surface area (Å²) in [4.78, 5) is 17.2. The monoisotopic (exact) mass is 214 g/mol. The van der Waals surface area contributed by atoms with Crippen LogP contribution in [0.5, 0.6) is 0 Å². The molecule has 2 heterocycles. The summed E-state index contributed by atoms with van der Waals surface area (Å²) in [5.74, 6) is 0. The van der Waals surface area contributed by atoms with Crippen molar-refractivity contribution in [2.75, 3.05) is 6.54 Å². The van der Waals surface area contributed by atoms with Crippen LogP contribution in [0.25, 0.3) is 0 Å². The zero-order chi connectivity index (χ0) is 10.1. The highest BCUT2D eigenvalue weighted by Gasteiger charge is 2.23. The Bertz CT molecular complexity index is 363. The molecule has 2 rings (SSSR count). The number of carboxylic acid groups (broad SMARTS) is 1. The van der Waals surface area contributed by atoms with Crippen LogP contribution < -0.4 is 0 Å². The molecule has 5 nitrogen and oxygen atoms in total. The fraction of sp³-hybridized carbons (Fsp3) is 0.500. The molecule has 0 atom stereocenters. The summed E-state index contributed by atoms with van der Waals surface area (Å²) in [6.45, 7) is 0.837. The molecule has 0 radical (unpaired) electrons. The molecule has 0 saturated heterocycles. The molecule has 6 heteroatoms. The number of carbonyl (C=O) groups is 1. The van der Waals surface area contributed by atoms with Crippen molar-refractivity contribution in [3.63, 3.8) is 0 Å². The van der Waals surface area contributed by atoms with Gasteiger partial charge in [0.15, 0.2) is 0 Å². The van der Waals surface area contributed by atoms with Gasteiger partial charge in [-0.25, -0.2) is 9.78 Å². The predicted octanol–water partition coefficient (Wildman–Crippen LogP) is 0.671. The van der Waals surface area contributed by atoms with E-state index < -0.39 is 6.09 Å². The van der Waals surface area contributed by atoms with E-state index in [1.165, 1.54) is 16.2 Å². The molecule has 1 aromatic heterocycles. The molecule has 1 amide bonds. The number of fused-ring (bicyclic) bond motifs is 1. The summed E-state index contributed by atoms with van der Waals surface area (Å²) >= 11 is 1.39. The minimum atomic E-state index is -0.894. The summed E-state index contributed by atoms with van der Waals surface area (Å²) in [5.41, 5.74) is 0.941. The maximum atomic E-state index is 10.7. The third kappa shape index (κ3) is 1.58. The minimum absolute atomic E-state index is 0.0647. The van der Waals surface area contributed by atoms with Gasteiger partial charge in [0, 0.05) is 17.8 Å². The number of hydrogen-bond donors (Lipinski definition) is 2. The molecule has 0 spiro atoms.